The van der Waals surface area contributed by atoms with E-state index in [4.69, 9.17) is 6.42 Å². The average Bonchev–Trinajstić information content (AvgIpc) is 1.41. The molecule has 0 N–H and O–H groups in total. The summed E-state index contributed by atoms with van der Waals surface area (Å²) in [5.74, 6) is 2.26. The van der Waals surface area contributed by atoms with E-state index in [-0.39, 0.29) is 0 Å². The molecule has 0 radical (unpaired) electrons. The van der Waals surface area contributed by atoms with Crippen molar-refractivity contribution in [2.45, 2.75) is 0 Å². The first-order valence-corrected chi connectivity index (χ1v) is 1.69. The lowest BCUT2D eigenvalue weighted by Crippen LogP contribution is -1.31. The summed E-state index contributed by atoms with van der Waals surface area (Å²) in [5, 5.41) is 1.51. The van der Waals surface area contributed by atoms with Crippen LogP contribution in [0.2, 0.25) is 0 Å². The molecule has 0 unspecified atom stereocenters. The molecule has 5 heavy (non-hydrogen) atoms. The third kappa shape index (κ3) is 3.65. The van der Waals surface area contributed by atoms with Crippen LogP contribution < -0.4 is 0 Å². The molecule has 0 aromatic carbocycles. The Hall–Kier alpha value is -0.350. The molecule has 0 bridgehead atoms. The molecule has 0 aromatic heterocycles. The SMILES string of the molecule is C#C/C=C\S. The molecule has 0 heterocycles. The molecule has 1 heteroatoms. The van der Waals surface area contributed by atoms with Gasteiger partial charge in [0.2, 0.25) is 0 Å². The fourth-order valence-electron chi connectivity index (χ4n) is 0.0430. The van der Waals surface area contributed by atoms with Gasteiger partial charge in [-0.05, 0) is 11.5 Å². The van der Waals surface area contributed by atoms with Gasteiger partial charge in [0, 0.05) is 0 Å². The van der Waals surface area contributed by atoms with Gasteiger partial charge in [-0.1, -0.05) is 5.92 Å². The minimum Gasteiger partial charge on any atom is -0.151 e. The number of hydrogen-bond acceptors (Lipinski definition) is 1. The maximum atomic E-state index is 4.75. The van der Waals surface area contributed by atoms with Crippen LogP contribution in [-0.2, 0) is 0 Å². The Bertz CT molecular complexity index is 66.2. The zero-order chi connectivity index (χ0) is 4.12. The van der Waals surface area contributed by atoms with Crippen molar-refractivity contribution in [2.75, 3.05) is 0 Å². The van der Waals surface area contributed by atoms with Crippen LogP contribution in [-0.4, -0.2) is 0 Å². The summed E-state index contributed by atoms with van der Waals surface area (Å²) in [5.41, 5.74) is 0. The standard InChI is InChI=1S/C4H4S/c1-2-3-4-5/h1,3-5H/b4-3-. The number of allylic oxidation sites excluding steroid dienone is 1. The fourth-order valence-corrected chi connectivity index (χ4v) is 0.129. The van der Waals surface area contributed by atoms with Gasteiger partial charge >= 0.3 is 0 Å². The summed E-state index contributed by atoms with van der Waals surface area (Å²) in [6, 6.07) is 0. The molecule has 0 amide bonds. The van der Waals surface area contributed by atoms with Crippen LogP contribution >= 0.6 is 12.6 Å². The van der Waals surface area contributed by atoms with Gasteiger partial charge in [0.05, 0.1) is 0 Å². The van der Waals surface area contributed by atoms with Crippen molar-refractivity contribution in [3.05, 3.63) is 11.5 Å². The largest absolute Gasteiger partial charge is 0.151 e. The van der Waals surface area contributed by atoms with Crippen LogP contribution in [0.3, 0.4) is 0 Å². The molecule has 0 aliphatic rings. The first kappa shape index (κ1) is 4.65. The van der Waals surface area contributed by atoms with Crippen molar-refractivity contribution in [1.82, 2.24) is 0 Å². The van der Waals surface area contributed by atoms with Gasteiger partial charge in [-0.2, -0.15) is 12.6 Å². The lowest BCUT2D eigenvalue weighted by Gasteiger charge is -1.51. The third-order valence-corrected chi connectivity index (χ3v) is 0.320. The predicted octanol–water partition coefficient (Wildman–Crippen LogP) is 1.06. The van der Waals surface area contributed by atoms with Crippen molar-refractivity contribution in [3.63, 3.8) is 0 Å². The molecule has 0 saturated heterocycles. The van der Waals surface area contributed by atoms with Crippen molar-refractivity contribution < 1.29 is 0 Å². The van der Waals surface area contributed by atoms with Crippen LogP contribution in [0.1, 0.15) is 0 Å². The van der Waals surface area contributed by atoms with Gasteiger partial charge in [-0.15, -0.1) is 6.42 Å². The lowest BCUT2D eigenvalue weighted by atomic mass is 10.7. The molecule has 0 fully saturated rings. The Morgan fingerprint density at radius 1 is 1.80 bits per heavy atom. The predicted molar refractivity (Wildman–Crippen MR) is 27.0 cm³/mol. The summed E-state index contributed by atoms with van der Waals surface area (Å²) < 4.78 is 0. The van der Waals surface area contributed by atoms with E-state index in [0.29, 0.717) is 0 Å². The van der Waals surface area contributed by atoms with Gasteiger partial charge in [0.25, 0.3) is 0 Å². The second-order valence-corrected chi connectivity index (χ2v) is 0.781. The van der Waals surface area contributed by atoms with Gasteiger partial charge in [0.15, 0.2) is 0 Å². The molecule has 0 aromatic rings. The molecule has 0 atom stereocenters. The molecule has 0 saturated carbocycles. The van der Waals surface area contributed by atoms with Gasteiger partial charge in [-0.25, -0.2) is 0 Å². The number of hydrogen-bond donors (Lipinski definition) is 1. The maximum absolute atomic E-state index is 4.75. The Balaban J connectivity index is 3.04. The van der Waals surface area contributed by atoms with E-state index in [1.54, 1.807) is 0 Å². The van der Waals surface area contributed by atoms with Crippen LogP contribution in [0.15, 0.2) is 11.5 Å². The summed E-state index contributed by atoms with van der Waals surface area (Å²) in [7, 11) is 0. The zero-order valence-corrected chi connectivity index (χ0v) is 3.57. The minimum atomic E-state index is 1.51. The average molecular weight is 84.1 g/mol. The van der Waals surface area contributed by atoms with E-state index in [0.717, 1.165) is 0 Å². The van der Waals surface area contributed by atoms with Gasteiger partial charge in [-0.3, -0.25) is 0 Å². The molecule has 0 rings (SSSR count). The maximum Gasteiger partial charge on any atom is -0.00610 e. The molecule has 0 aliphatic carbocycles. The van der Waals surface area contributed by atoms with Crippen molar-refractivity contribution in [2.24, 2.45) is 0 Å². The van der Waals surface area contributed by atoms with E-state index >= 15 is 0 Å². The van der Waals surface area contributed by atoms with Crippen LogP contribution in [0, 0.1) is 12.3 Å². The first-order valence-electron chi connectivity index (χ1n) is 1.17. The summed E-state index contributed by atoms with van der Waals surface area (Å²) in [6.45, 7) is 0. The van der Waals surface area contributed by atoms with Gasteiger partial charge in [0.1, 0.15) is 0 Å². The molecular formula is C4H4S. The Kier molecular flexibility index (Phi) is 3.39. The smallest absolute Gasteiger partial charge is 0.00610 e. The molecule has 0 aliphatic heterocycles. The summed E-state index contributed by atoms with van der Waals surface area (Å²) in [4.78, 5) is 0. The fraction of sp³-hybridized carbons (Fsp3) is 0. The molecular weight excluding hydrogens is 80.1 g/mol. The minimum absolute atomic E-state index is 1.51. The topological polar surface area (TPSA) is 0 Å². The highest BCUT2D eigenvalue weighted by molar-refractivity contribution is 7.83. The first-order chi connectivity index (χ1) is 2.41. The normalized spacial score (nSPS) is 8.00. The number of terminal acetylenes is 1. The summed E-state index contributed by atoms with van der Waals surface area (Å²) >= 11 is 3.68. The second-order valence-electron chi connectivity index (χ2n) is 0.482. The highest BCUT2D eigenvalue weighted by atomic mass is 32.1. The van der Waals surface area contributed by atoms with Crippen molar-refractivity contribution >= 4 is 12.6 Å². The Labute approximate surface area is 37.3 Å². The Morgan fingerprint density at radius 2 is 2.40 bits per heavy atom. The van der Waals surface area contributed by atoms with E-state index < -0.39 is 0 Å². The van der Waals surface area contributed by atoms with Gasteiger partial charge < -0.3 is 0 Å². The van der Waals surface area contributed by atoms with Crippen LogP contribution in [0.25, 0.3) is 0 Å². The molecule has 0 nitrogen and oxygen atoms in total. The summed E-state index contributed by atoms with van der Waals surface area (Å²) in [6.07, 6.45) is 6.27. The lowest BCUT2D eigenvalue weighted by molar-refractivity contribution is 2.30. The molecule has 0 spiro atoms. The quantitative estimate of drug-likeness (QED) is 0.329. The highest BCUT2D eigenvalue weighted by Crippen LogP contribution is 1.69. The van der Waals surface area contributed by atoms with E-state index in [1.807, 2.05) is 0 Å². The second kappa shape index (κ2) is 3.65. The highest BCUT2D eigenvalue weighted by Gasteiger charge is 1.41. The third-order valence-electron chi connectivity index (χ3n) is 0.171. The van der Waals surface area contributed by atoms with Crippen LogP contribution in [0.4, 0.5) is 0 Å². The molecule has 26 valence electrons. The Morgan fingerprint density at radius 3 is 2.40 bits per heavy atom. The van der Waals surface area contributed by atoms with E-state index in [2.05, 4.69) is 18.5 Å². The van der Waals surface area contributed by atoms with Crippen molar-refractivity contribution in [3.8, 4) is 12.3 Å². The van der Waals surface area contributed by atoms with Crippen molar-refractivity contribution in [1.29, 1.82) is 0 Å². The van der Waals surface area contributed by atoms with E-state index in [1.165, 1.54) is 11.5 Å². The van der Waals surface area contributed by atoms with E-state index in [9.17, 15) is 0 Å². The number of rotatable bonds is 0. The van der Waals surface area contributed by atoms with Crippen LogP contribution in [0.5, 0.6) is 0 Å². The zero-order valence-electron chi connectivity index (χ0n) is 2.68. The number of thiol groups is 1. The monoisotopic (exact) mass is 84.0 g/mol.